The second kappa shape index (κ2) is 4.75. The van der Waals surface area contributed by atoms with Gasteiger partial charge in [-0.25, -0.2) is 0 Å². The zero-order valence-electron chi connectivity index (χ0n) is 9.52. The van der Waals surface area contributed by atoms with E-state index in [0.717, 1.165) is 31.8 Å². The molecule has 84 valence electrons. The monoisotopic (exact) mass is 209 g/mol. The molecule has 1 unspecified atom stereocenters. The van der Waals surface area contributed by atoms with Crippen LogP contribution in [0.25, 0.3) is 0 Å². The van der Waals surface area contributed by atoms with Crippen LogP contribution in [0.4, 0.5) is 0 Å². The molecule has 4 heteroatoms. The van der Waals surface area contributed by atoms with E-state index in [1.165, 1.54) is 6.42 Å². The molecule has 1 aliphatic rings. The van der Waals surface area contributed by atoms with E-state index in [9.17, 15) is 0 Å². The van der Waals surface area contributed by atoms with Gasteiger partial charge in [0.2, 0.25) is 0 Å². The van der Waals surface area contributed by atoms with Crippen LogP contribution in [-0.4, -0.2) is 27.5 Å². The lowest BCUT2D eigenvalue weighted by Crippen LogP contribution is -2.15. The van der Waals surface area contributed by atoms with Crippen molar-refractivity contribution in [1.82, 2.24) is 14.8 Å². The second-order valence-electron chi connectivity index (χ2n) is 4.63. The molecular formula is C11H19N3O. The lowest BCUT2D eigenvalue weighted by Gasteiger charge is -2.11. The molecule has 15 heavy (non-hydrogen) atoms. The Morgan fingerprint density at radius 2 is 2.47 bits per heavy atom. The topological polar surface area (TPSA) is 39.9 Å². The molecule has 1 aromatic heterocycles. The smallest absolute Gasteiger partial charge is 0.135 e. The fourth-order valence-corrected chi connectivity index (χ4v) is 1.99. The standard InChI is InChI=1S/C11H19N3O/c1-9(2)7-14-8-12-13-11(14)6-10-4-3-5-15-10/h8-10H,3-7H2,1-2H3. The van der Waals surface area contributed by atoms with Gasteiger partial charge < -0.3 is 9.30 Å². The maximum Gasteiger partial charge on any atom is 0.135 e. The molecule has 0 N–H and O–H groups in total. The Kier molecular flexibility index (Phi) is 3.36. The molecule has 0 radical (unpaired) electrons. The van der Waals surface area contributed by atoms with Crippen LogP contribution in [0.3, 0.4) is 0 Å². The van der Waals surface area contributed by atoms with Crippen LogP contribution in [0.5, 0.6) is 0 Å². The summed E-state index contributed by atoms with van der Waals surface area (Å²) in [6, 6.07) is 0. The number of ether oxygens (including phenoxy) is 1. The van der Waals surface area contributed by atoms with Gasteiger partial charge in [0.25, 0.3) is 0 Å². The molecule has 0 aliphatic carbocycles. The number of hydrogen-bond acceptors (Lipinski definition) is 3. The average molecular weight is 209 g/mol. The maximum absolute atomic E-state index is 5.61. The van der Waals surface area contributed by atoms with Gasteiger partial charge in [-0.1, -0.05) is 13.8 Å². The van der Waals surface area contributed by atoms with Crippen molar-refractivity contribution in [3.05, 3.63) is 12.2 Å². The summed E-state index contributed by atoms with van der Waals surface area (Å²) in [5.74, 6) is 1.69. The van der Waals surface area contributed by atoms with Gasteiger partial charge >= 0.3 is 0 Å². The zero-order valence-corrected chi connectivity index (χ0v) is 9.52. The van der Waals surface area contributed by atoms with E-state index in [1.54, 1.807) is 0 Å². The summed E-state index contributed by atoms with van der Waals surface area (Å²) < 4.78 is 7.75. The van der Waals surface area contributed by atoms with Crippen molar-refractivity contribution in [1.29, 1.82) is 0 Å². The fourth-order valence-electron chi connectivity index (χ4n) is 1.99. The number of hydrogen-bond donors (Lipinski definition) is 0. The lowest BCUT2D eigenvalue weighted by atomic mass is 10.1. The SMILES string of the molecule is CC(C)Cn1cnnc1CC1CCCO1. The molecule has 1 aromatic rings. The first-order valence-electron chi connectivity index (χ1n) is 5.74. The van der Waals surface area contributed by atoms with Gasteiger partial charge in [0.1, 0.15) is 12.2 Å². The van der Waals surface area contributed by atoms with Crippen LogP contribution >= 0.6 is 0 Å². The Balaban J connectivity index is 1.97. The summed E-state index contributed by atoms with van der Waals surface area (Å²) in [4.78, 5) is 0. The van der Waals surface area contributed by atoms with E-state index in [4.69, 9.17) is 4.74 Å². The second-order valence-corrected chi connectivity index (χ2v) is 4.63. The summed E-state index contributed by atoms with van der Waals surface area (Å²) in [5.41, 5.74) is 0. The van der Waals surface area contributed by atoms with Crippen LogP contribution in [0, 0.1) is 5.92 Å². The summed E-state index contributed by atoms with van der Waals surface area (Å²) in [6.45, 7) is 6.31. The average Bonchev–Trinajstić information content (AvgIpc) is 2.78. The molecule has 1 saturated heterocycles. The van der Waals surface area contributed by atoms with Crippen molar-refractivity contribution < 1.29 is 4.74 Å². The predicted molar refractivity (Wildman–Crippen MR) is 57.5 cm³/mol. The Bertz CT molecular complexity index is 303. The van der Waals surface area contributed by atoms with Gasteiger partial charge in [0.15, 0.2) is 0 Å². The summed E-state index contributed by atoms with van der Waals surface area (Å²) in [6.07, 6.45) is 5.44. The Morgan fingerprint density at radius 1 is 1.60 bits per heavy atom. The van der Waals surface area contributed by atoms with Gasteiger partial charge in [-0.15, -0.1) is 10.2 Å². The van der Waals surface area contributed by atoms with E-state index < -0.39 is 0 Å². The van der Waals surface area contributed by atoms with Crippen molar-refractivity contribution in [2.45, 2.75) is 45.8 Å². The zero-order chi connectivity index (χ0) is 10.7. The predicted octanol–water partition coefficient (Wildman–Crippen LogP) is 1.66. The molecule has 2 rings (SSSR count). The Labute approximate surface area is 90.7 Å². The highest BCUT2D eigenvalue weighted by atomic mass is 16.5. The maximum atomic E-state index is 5.61. The van der Waals surface area contributed by atoms with Crippen molar-refractivity contribution in [2.24, 2.45) is 5.92 Å². The molecule has 0 spiro atoms. The molecule has 0 aromatic carbocycles. The lowest BCUT2D eigenvalue weighted by molar-refractivity contribution is 0.109. The summed E-state index contributed by atoms with van der Waals surface area (Å²) in [5, 5.41) is 8.14. The minimum Gasteiger partial charge on any atom is -0.378 e. The molecule has 1 fully saturated rings. The minimum absolute atomic E-state index is 0.361. The van der Waals surface area contributed by atoms with E-state index in [1.807, 2.05) is 6.33 Å². The molecule has 1 atom stereocenters. The molecule has 2 heterocycles. The Morgan fingerprint density at radius 3 is 3.13 bits per heavy atom. The van der Waals surface area contributed by atoms with Crippen molar-refractivity contribution in [3.63, 3.8) is 0 Å². The van der Waals surface area contributed by atoms with Gasteiger partial charge in [-0.2, -0.15) is 0 Å². The Hall–Kier alpha value is -0.900. The highest BCUT2D eigenvalue weighted by Crippen LogP contribution is 2.16. The van der Waals surface area contributed by atoms with E-state index >= 15 is 0 Å². The molecule has 4 nitrogen and oxygen atoms in total. The number of rotatable bonds is 4. The highest BCUT2D eigenvalue weighted by Gasteiger charge is 2.18. The first-order chi connectivity index (χ1) is 7.25. The normalized spacial score (nSPS) is 21.4. The van der Waals surface area contributed by atoms with Crippen LogP contribution in [0.1, 0.15) is 32.5 Å². The van der Waals surface area contributed by atoms with E-state index in [2.05, 4.69) is 28.6 Å². The van der Waals surface area contributed by atoms with Crippen LogP contribution in [-0.2, 0) is 17.7 Å². The third-order valence-electron chi connectivity index (χ3n) is 2.69. The van der Waals surface area contributed by atoms with E-state index in [-0.39, 0.29) is 0 Å². The van der Waals surface area contributed by atoms with Crippen molar-refractivity contribution in [3.8, 4) is 0 Å². The fraction of sp³-hybridized carbons (Fsp3) is 0.818. The first kappa shape index (κ1) is 10.6. The quantitative estimate of drug-likeness (QED) is 0.757. The molecule has 1 aliphatic heterocycles. The third-order valence-corrected chi connectivity index (χ3v) is 2.69. The number of nitrogens with zero attached hydrogens (tertiary/aromatic N) is 3. The minimum atomic E-state index is 0.361. The largest absolute Gasteiger partial charge is 0.378 e. The van der Waals surface area contributed by atoms with Gasteiger partial charge in [-0.05, 0) is 18.8 Å². The molecule has 0 saturated carbocycles. The van der Waals surface area contributed by atoms with Crippen molar-refractivity contribution in [2.75, 3.05) is 6.61 Å². The van der Waals surface area contributed by atoms with E-state index in [0.29, 0.717) is 12.0 Å². The van der Waals surface area contributed by atoms with Crippen LogP contribution < -0.4 is 0 Å². The molecule has 0 amide bonds. The molecular weight excluding hydrogens is 190 g/mol. The molecule has 0 bridgehead atoms. The van der Waals surface area contributed by atoms with Gasteiger partial charge in [-0.3, -0.25) is 0 Å². The highest BCUT2D eigenvalue weighted by molar-refractivity contribution is 4.90. The number of aromatic nitrogens is 3. The summed E-state index contributed by atoms with van der Waals surface area (Å²) >= 11 is 0. The van der Waals surface area contributed by atoms with Gasteiger partial charge in [0, 0.05) is 19.6 Å². The first-order valence-corrected chi connectivity index (χ1v) is 5.74. The van der Waals surface area contributed by atoms with Crippen LogP contribution in [0.2, 0.25) is 0 Å². The van der Waals surface area contributed by atoms with Crippen molar-refractivity contribution >= 4 is 0 Å². The summed E-state index contributed by atoms with van der Waals surface area (Å²) in [7, 11) is 0. The van der Waals surface area contributed by atoms with Gasteiger partial charge in [0.05, 0.1) is 6.10 Å². The van der Waals surface area contributed by atoms with Crippen LogP contribution in [0.15, 0.2) is 6.33 Å². The third kappa shape index (κ3) is 2.78.